The molecule has 0 atom stereocenters. The maximum absolute atomic E-state index is 12.4. The van der Waals surface area contributed by atoms with Gasteiger partial charge < -0.3 is 19.6 Å². The van der Waals surface area contributed by atoms with Crippen LogP contribution in [0.5, 0.6) is 5.75 Å². The Bertz CT molecular complexity index is 511. The third-order valence-electron chi connectivity index (χ3n) is 3.44. The standard InChI is InChI=1S/C15H20N2O4/c1-16(9-11-3-7-13(21-2)8-4-11)15(20)17(10-14(18)19)12-5-6-12/h3-4,7-8,12H,5-6,9-10H2,1-2H3,(H,18,19). The number of ether oxygens (including phenoxy) is 1. The number of rotatable bonds is 6. The molecule has 0 aliphatic heterocycles. The van der Waals surface area contributed by atoms with Gasteiger partial charge in [0.15, 0.2) is 0 Å². The lowest BCUT2D eigenvalue weighted by atomic mass is 10.2. The van der Waals surface area contributed by atoms with E-state index in [1.807, 2.05) is 24.3 Å². The second kappa shape index (κ2) is 6.47. The second-order valence-corrected chi connectivity index (χ2v) is 5.24. The van der Waals surface area contributed by atoms with Crippen LogP contribution in [0.1, 0.15) is 18.4 Å². The summed E-state index contributed by atoms with van der Waals surface area (Å²) in [5.74, 6) is -0.216. The minimum atomic E-state index is -0.979. The molecule has 0 unspecified atom stereocenters. The summed E-state index contributed by atoms with van der Waals surface area (Å²) >= 11 is 0. The number of carbonyl (C=O) groups excluding carboxylic acids is 1. The Kier molecular flexibility index (Phi) is 4.67. The summed E-state index contributed by atoms with van der Waals surface area (Å²) in [5, 5.41) is 8.91. The molecule has 6 heteroatoms. The number of nitrogens with zero attached hydrogens (tertiary/aromatic N) is 2. The van der Waals surface area contributed by atoms with Gasteiger partial charge in [0.25, 0.3) is 0 Å². The Morgan fingerprint density at radius 3 is 2.38 bits per heavy atom. The maximum Gasteiger partial charge on any atom is 0.323 e. The molecule has 0 radical (unpaired) electrons. The predicted molar refractivity (Wildman–Crippen MR) is 77.2 cm³/mol. The van der Waals surface area contributed by atoms with Crippen molar-refractivity contribution in [2.75, 3.05) is 20.7 Å². The Balaban J connectivity index is 1.98. The first-order valence-corrected chi connectivity index (χ1v) is 6.87. The van der Waals surface area contributed by atoms with Crippen LogP contribution in [-0.2, 0) is 11.3 Å². The average Bonchev–Trinajstić information content (AvgIpc) is 3.29. The summed E-state index contributed by atoms with van der Waals surface area (Å²) in [4.78, 5) is 26.2. The molecule has 1 saturated carbocycles. The van der Waals surface area contributed by atoms with Gasteiger partial charge in [-0.15, -0.1) is 0 Å². The Hall–Kier alpha value is -2.24. The number of hydrogen-bond donors (Lipinski definition) is 1. The molecule has 1 aromatic carbocycles. The van der Waals surface area contributed by atoms with Gasteiger partial charge in [-0.25, -0.2) is 4.79 Å². The normalized spacial score (nSPS) is 13.6. The summed E-state index contributed by atoms with van der Waals surface area (Å²) in [7, 11) is 3.29. The first-order valence-electron chi connectivity index (χ1n) is 6.87. The fourth-order valence-electron chi connectivity index (χ4n) is 2.18. The summed E-state index contributed by atoms with van der Waals surface area (Å²) in [6.07, 6.45) is 1.77. The number of carbonyl (C=O) groups is 2. The van der Waals surface area contributed by atoms with Crippen molar-refractivity contribution >= 4 is 12.0 Å². The highest BCUT2D eigenvalue weighted by Crippen LogP contribution is 2.27. The molecular formula is C15H20N2O4. The van der Waals surface area contributed by atoms with E-state index >= 15 is 0 Å². The molecule has 0 aromatic heterocycles. The number of carboxylic acids is 1. The summed E-state index contributed by atoms with van der Waals surface area (Å²) in [6.45, 7) is 0.197. The molecule has 0 heterocycles. The highest BCUT2D eigenvalue weighted by Gasteiger charge is 2.35. The fraction of sp³-hybridized carbons (Fsp3) is 0.467. The zero-order valence-corrected chi connectivity index (χ0v) is 12.3. The summed E-state index contributed by atoms with van der Waals surface area (Å²) in [5.41, 5.74) is 0.970. The van der Waals surface area contributed by atoms with Crippen LogP contribution in [0.2, 0.25) is 0 Å². The number of benzene rings is 1. The Labute approximate surface area is 123 Å². The topological polar surface area (TPSA) is 70.1 Å². The SMILES string of the molecule is COc1ccc(CN(C)C(=O)N(CC(=O)O)C2CC2)cc1. The van der Waals surface area contributed by atoms with Crippen molar-refractivity contribution in [3.05, 3.63) is 29.8 Å². The van der Waals surface area contributed by atoms with Gasteiger partial charge in [-0.1, -0.05) is 12.1 Å². The van der Waals surface area contributed by atoms with Gasteiger partial charge in [0.2, 0.25) is 0 Å². The smallest absolute Gasteiger partial charge is 0.323 e. The lowest BCUT2D eigenvalue weighted by Crippen LogP contribution is -2.44. The van der Waals surface area contributed by atoms with E-state index in [0.29, 0.717) is 6.54 Å². The third-order valence-corrected chi connectivity index (χ3v) is 3.44. The Morgan fingerprint density at radius 1 is 1.29 bits per heavy atom. The third kappa shape index (κ3) is 4.11. The summed E-state index contributed by atoms with van der Waals surface area (Å²) in [6, 6.07) is 7.29. The van der Waals surface area contributed by atoms with Crippen molar-refractivity contribution < 1.29 is 19.4 Å². The van der Waals surface area contributed by atoms with Crippen LogP contribution in [0, 0.1) is 0 Å². The minimum absolute atomic E-state index is 0.0758. The molecule has 6 nitrogen and oxygen atoms in total. The second-order valence-electron chi connectivity index (χ2n) is 5.24. The zero-order chi connectivity index (χ0) is 15.4. The van der Waals surface area contributed by atoms with E-state index in [1.165, 1.54) is 4.90 Å². The molecule has 0 bridgehead atoms. The minimum Gasteiger partial charge on any atom is -0.497 e. The molecule has 1 aliphatic rings. The molecule has 1 aliphatic carbocycles. The van der Waals surface area contributed by atoms with Crippen LogP contribution in [0.15, 0.2) is 24.3 Å². The van der Waals surface area contributed by atoms with E-state index < -0.39 is 5.97 Å². The molecule has 2 rings (SSSR count). The van der Waals surface area contributed by atoms with Crippen LogP contribution in [-0.4, -0.2) is 53.7 Å². The van der Waals surface area contributed by atoms with Gasteiger partial charge in [0, 0.05) is 19.6 Å². The molecular weight excluding hydrogens is 272 g/mol. The number of urea groups is 1. The zero-order valence-electron chi connectivity index (χ0n) is 12.3. The van der Waals surface area contributed by atoms with Gasteiger partial charge in [-0.2, -0.15) is 0 Å². The van der Waals surface area contributed by atoms with Crippen molar-refractivity contribution in [2.45, 2.75) is 25.4 Å². The quantitative estimate of drug-likeness (QED) is 0.868. The first-order chi connectivity index (χ1) is 10.0. The number of amides is 2. The summed E-state index contributed by atoms with van der Waals surface area (Å²) < 4.78 is 5.09. The van der Waals surface area contributed by atoms with Gasteiger partial charge >= 0.3 is 12.0 Å². The number of methoxy groups -OCH3 is 1. The van der Waals surface area contributed by atoms with Gasteiger partial charge in [-0.3, -0.25) is 4.79 Å². The van der Waals surface area contributed by atoms with E-state index in [4.69, 9.17) is 9.84 Å². The van der Waals surface area contributed by atoms with Gasteiger partial charge in [0.05, 0.1) is 7.11 Å². The van der Waals surface area contributed by atoms with Crippen LogP contribution in [0.4, 0.5) is 4.79 Å². The first kappa shape index (κ1) is 15.2. The van der Waals surface area contributed by atoms with E-state index in [-0.39, 0.29) is 18.6 Å². The largest absolute Gasteiger partial charge is 0.497 e. The van der Waals surface area contributed by atoms with E-state index in [0.717, 1.165) is 24.2 Å². The average molecular weight is 292 g/mol. The monoisotopic (exact) mass is 292 g/mol. The molecule has 1 N–H and O–H groups in total. The molecule has 0 saturated heterocycles. The maximum atomic E-state index is 12.4. The van der Waals surface area contributed by atoms with Crippen LogP contribution in [0.3, 0.4) is 0 Å². The molecule has 1 fully saturated rings. The number of aliphatic carboxylic acids is 1. The predicted octanol–water partition coefficient (Wildman–Crippen LogP) is 1.80. The lowest BCUT2D eigenvalue weighted by Gasteiger charge is -2.27. The molecule has 2 amide bonds. The van der Waals surface area contributed by atoms with Crippen molar-refractivity contribution in [2.24, 2.45) is 0 Å². The lowest BCUT2D eigenvalue weighted by molar-refractivity contribution is -0.137. The Morgan fingerprint density at radius 2 is 1.90 bits per heavy atom. The van der Waals surface area contributed by atoms with Crippen LogP contribution in [0.25, 0.3) is 0 Å². The van der Waals surface area contributed by atoms with Crippen molar-refractivity contribution in [1.82, 2.24) is 9.80 Å². The van der Waals surface area contributed by atoms with E-state index in [2.05, 4.69) is 0 Å². The fourth-order valence-corrected chi connectivity index (χ4v) is 2.18. The van der Waals surface area contributed by atoms with Crippen molar-refractivity contribution in [3.63, 3.8) is 0 Å². The molecule has 0 spiro atoms. The van der Waals surface area contributed by atoms with Gasteiger partial charge in [0.1, 0.15) is 12.3 Å². The molecule has 1 aromatic rings. The van der Waals surface area contributed by atoms with Crippen LogP contribution < -0.4 is 4.74 Å². The molecule has 114 valence electrons. The highest BCUT2D eigenvalue weighted by molar-refractivity contribution is 5.80. The van der Waals surface area contributed by atoms with E-state index in [1.54, 1.807) is 19.1 Å². The number of carboxylic acid groups (broad SMARTS) is 1. The van der Waals surface area contributed by atoms with Gasteiger partial charge in [-0.05, 0) is 30.5 Å². The molecule has 21 heavy (non-hydrogen) atoms. The van der Waals surface area contributed by atoms with E-state index in [9.17, 15) is 9.59 Å². The number of hydrogen-bond acceptors (Lipinski definition) is 3. The van der Waals surface area contributed by atoms with Crippen molar-refractivity contribution in [1.29, 1.82) is 0 Å². The van der Waals surface area contributed by atoms with Crippen LogP contribution >= 0.6 is 0 Å². The highest BCUT2D eigenvalue weighted by atomic mass is 16.5. The van der Waals surface area contributed by atoms with Crippen molar-refractivity contribution in [3.8, 4) is 5.75 Å².